The molecule has 0 aliphatic heterocycles. The first kappa shape index (κ1) is 15.3. The van der Waals surface area contributed by atoms with Gasteiger partial charge in [-0.3, -0.25) is 0 Å². The fourth-order valence-electron chi connectivity index (χ4n) is 2.44. The molecule has 1 unspecified atom stereocenters. The van der Waals surface area contributed by atoms with Gasteiger partial charge in [-0.2, -0.15) is 0 Å². The summed E-state index contributed by atoms with van der Waals surface area (Å²) in [6.45, 7) is 5.01. The highest BCUT2D eigenvalue weighted by Gasteiger charge is 2.16. The third-order valence-corrected chi connectivity index (χ3v) is 5.56. The number of aromatic nitrogens is 2. The first-order chi connectivity index (χ1) is 10.1. The van der Waals surface area contributed by atoms with Gasteiger partial charge in [-0.05, 0) is 66.3 Å². The third-order valence-electron chi connectivity index (χ3n) is 3.48. The van der Waals surface area contributed by atoms with E-state index < -0.39 is 0 Å². The minimum atomic E-state index is -0.0966. The average Bonchev–Trinajstić information content (AvgIpc) is 3.04. The number of nitrogens with zero attached hydrogens (tertiary/aromatic N) is 2. The largest absolute Gasteiger partial charge is 0.321 e. The van der Waals surface area contributed by atoms with E-state index >= 15 is 0 Å². The van der Waals surface area contributed by atoms with Gasteiger partial charge >= 0.3 is 0 Å². The Morgan fingerprint density at radius 3 is 2.71 bits per heavy atom. The van der Waals surface area contributed by atoms with Crippen molar-refractivity contribution >= 4 is 56.6 Å². The summed E-state index contributed by atoms with van der Waals surface area (Å²) in [7, 11) is 0. The van der Waals surface area contributed by atoms with Gasteiger partial charge in [-0.1, -0.05) is 6.92 Å². The molecule has 0 fully saturated rings. The molecule has 0 amide bonds. The van der Waals surface area contributed by atoms with Crippen molar-refractivity contribution < 1.29 is 0 Å². The normalized spacial score (nSPS) is 13.0. The summed E-state index contributed by atoms with van der Waals surface area (Å²) >= 11 is 10.5. The topological polar surface area (TPSA) is 17.8 Å². The molecule has 5 heteroatoms. The van der Waals surface area contributed by atoms with Gasteiger partial charge in [0.2, 0.25) is 0 Å². The smallest absolute Gasteiger partial charge is 0.128 e. The van der Waals surface area contributed by atoms with E-state index in [2.05, 4.69) is 64.4 Å². The maximum Gasteiger partial charge on any atom is 0.128 e. The number of fused-ring (bicyclic) bond motifs is 1. The Balaban J connectivity index is 2.08. The number of hydrogen-bond acceptors (Lipinski definition) is 2. The summed E-state index contributed by atoms with van der Waals surface area (Å²) in [6.07, 6.45) is 1.09. The summed E-state index contributed by atoms with van der Waals surface area (Å²) in [5.74, 6) is 0.945. The molecular formula is C16H16ClIN2S. The zero-order valence-electron chi connectivity index (χ0n) is 11.9. The first-order valence-electron chi connectivity index (χ1n) is 6.96. The predicted octanol–water partition coefficient (Wildman–Crippen LogP) is 5.61. The summed E-state index contributed by atoms with van der Waals surface area (Å²) in [5, 5.41) is -0.0966. The van der Waals surface area contributed by atoms with Crippen LogP contribution >= 0.6 is 45.5 Å². The van der Waals surface area contributed by atoms with Crippen molar-refractivity contribution in [1.82, 2.24) is 9.55 Å². The quantitative estimate of drug-likeness (QED) is 0.388. The molecule has 1 atom stereocenters. The Bertz CT molecular complexity index is 776. The number of benzene rings is 1. The number of alkyl halides is 1. The second-order valence-electron chi connectivity index (χ2n) is 5.03. The van der Waals surface area contributed by atoms with E-state index in [1.807, 2.05) is 18.3 Å². The maximum absolute atomic E-state index is 6.34. The summed E-state index contributed by atoms with van der Waals surface area (Å²) in [6, 6.07) is 10.8. The lowest BCUT2D eigenvalue weighted by atomic mass is 10.3. The van der Waals surface area contributed by atoms with Crippen LogP contribution in [0.4, 0.5) is 0 Å². The van der Waals surface area contributed by atoms with Gasteiger partial charge in [0.25, 0.3) is 0 Å². The Kier molecular flexibility index (Phi) is 4.57. The molecule has 2 aromatic heterocycles. The van der Waals surface area contributed by atoms with Crippen molar-refractivity contribution in [3.05, 3.63) is 49.5 Å². The van der Waals surface area contributed by atoms with Crippen LogP contribution in [-0.2, 0) is 13.0 Å². The number of hydrogen-bond donors (Lipinski definition) is 0. The highest BCUT2D eigenvalue weighted by Crippen LogP contribution is 2.28. The molecule has 0 aliphatic rings. The van der Waals surface area contributed by atoms with Crippen molar-refractivity contribution in [3.63, 3.8) is 0 Å². The molecule has 3 aromatic rings. The maximum atomic E-state index is 6.34. The van der Waals surface area contributed by atoms with Crippen LogP contribution < -0.4 is 0 Å². The van der Waals surface area contributed by atoms with Crippen molar-refractivity contribution in [3.8, 4) is 0 Å². The lowest BCUT2D eigenvalue weighted by Crippen LogP contribution is -2.04. The molecule has 3 rings (SSSR count). The molecule has 0 spiro atoms. The molecule has 0 radical (unpaired) electrons. The van der Waals surface area contributed by atoms with Gasteiger partial charge in [0, 0.05) is 13.3 Å². The monoisotopic (exact) mass is 430 g/mol. The van der Waals surface area contributed by atoms with E-state index in [1.165, 1.54) is 13.3 Å². The van der Waals surface area contributed by atoms with Crippen molar-refractivity contribution in [2.75, 3.05) is 0 Å². The van der Waals surface area contributed by atoms with Gasteiger partial charge in [-0.25, -0.2) is 4.98 Å². The third kappa shape index (κ3) is 3.12. The zero-order chi connectivity index (χ0) is 15.0. The number of imidazole rings is 1. The van der Waals surface area contributed by atoms with E-state index in [0.717, 1.165) is 29.8 Å². The second kappa shape index (κ2) is 6.26. The lowest BCUT2D eigenvalue weighted by Gasteiger charge is -2.09. The molecule has 0 saturated carbocycles. The van der Waals surface area contributed by atoms with E-state index in [1.54, 1.807) is 0 Å². The molecule has 0 N–H and O–H groups in total. The van der Waals surface area contributed by atoms with Gasteiger partial charge < -0.3 is 4.57 Å². The van der Waals surface area contributed by atoms with Gasteiger partial charge in [-0.15, -0.1) is 22.9 Å². The molecule has 2 heterocycles. The molecule has 21 heavy (non-hydrogen) atoms. The van der Waals surface area contributed by atoms with E-state index in [9.17, 15) is 0 Å². The fourth-order valence-corrected chi connectivity index (χ4v) is 4.03. The van der Waals surface area contributed by atoms with E-state index in [-0.39, 0.29) is 5.38 Å². The highest BCUT2D eigenvalue weighted by atomic mass is 127. The predicted molar refractivity (Wildman–Crippen MR) is 99.5 cm³/mol. The summed E-state index contributed by atoms with van der Waals surface area (Å²) in [4.78, 5) is 7.50. The van der Waals surface area contributed by atoms with Gasteiger partial charge in [0.05, 0.1) is 23.0 Å². The van der Waals surface area contributed by atoms with Crippen LogP contribution in [-0.4, -0.2) is 9.55 Å². The van der Waals surface area contributed by atoms with Crippen LogP contribution in [0, 0.1) is 3.57 Å². The summed E-state index contributed by atoms with van der Waals surface area (Å²) in [5.41, 5.74) is 2.18. The standard InChI is InChI=1S/C16H16ClIN2S/c1-3-12-5-6-13(21-12)9-20-15-7-4-11(18)8-14(15)19-16(20)10(2)17/h4-8,10H,3,9H2,1-2H3. The SMILES string of the molecule is CCc1ccc(Cn2c(C(C)Cl)nc3cc(I)ccc32)s1. The Morgan fingerprint density at radius 1 is 1.29 bits per heavy atom. The molecule has 0 bridgehead atoms. The van der Waals surface area contributed by atoms with E-state index in [0.29, 0.717) is 0 Å². The van der Waals surface area contributed by atoms with Gasteiger partial charge in [0.1, 0.15) is 5.82 Å². The zero-order valence-corrected chi connectivity index (χ0v) is 15.7. The fraction of sp³-hybridized carbons (Fsp3) is 0.312. The van der Waals surface area contributed by atoms with Crippen LogP contribution in [0.2, 0.25) is 0 Å². The van der Waals surface area contributed by atoms with Gasteiger partial charge in [0.15, 0.2) is 0 Å². The van der Waals surface area contributed by atoms with Crippen LogP contribution in [0.5, 0.6) is 0 Å². The average molecular weight is 431 g/mol. The van der Waals surface area contributed by atoms with E-state index in [4.69, 9.17) is 16.6 Å². The second-order valence-corrected chi connectivity index (χ2v) is 8.18. The molecule has 2 nitrogen and oxygen atoms in total. The minimum Gasteiger partial charge on any atom is -0.321 e. The molecule has 0 aliphatic carbocycles. The van der Waals surface area contributed by atoms with Crippen molar-refractivity contribution in [2.45, 2.75) is 32.2 Å². The minimum absolute atomic E-state index is 0.0966. The number of rotatable bonds is 4. The van der Waals surface area contributed by atoms with Crippen LogP contribution in [0.15, 0.2) is 30.3 Å². The molecule has 0 saturated heterocycles. The Morgan fingerprint density at radius 2 is 2.05 bits per heavy atom. The Labute approximate surface area is 147 Å². The van der Waals surface area contributed by atoms with Crippen LogP contribution in [0.1, 0.15) is 34.8 Å². The highest BCUT2D eigenvalue weighted by molar-refractivity contribution is 14.1. The van der Waals surface area contributed by atoms with Crippen molar-refractivity contribution in [2.24, 2.45) is 0 Å². The van der Waals surface area contributed by atoms with Crippen molar-refractivity contribution in [1.29, 1.82) is 0 Å². The first-order valence-corrected chi connectivity index (χ1v) is 9.29. The molecule has 110 valence electrons. The van der Waals surface area contributed by atoms with Crippen LogP contribution in [0.25, 0.3) is 11.0 Å². The number of halogens is 2. The number of aryl methyl sites for hydroxylation is 1. The Hall–Kier alpha value is -0.590. The molecule has 1 aromatic carbocycles. The molecular weight excluding hydrogens is 415 g/mol. The van der Waals surface area contributed by atoms with Crippen LogP contribution in [0.3, 0.4) is 0 Å². The lowest BCUT2D eigenvalue weighted by molar-refractivity contribution is 0.750. The summed E-state index contributed by atoms with van der Waals surface area (Å²) < 4.78 is 3.44. The number of thiophene rings is 1.